The van der Waals surface area contributed by atoms with E-state index in [1.165, 1.54) is 12.4 Å². The van der Waals surface area contributed by atoms with E-state index in [2.05, 4.69) is 15.3 Å². The molecule has 1 aromatic heterocycles. The highest BCUT2D eigenvalue weighted by Crippen LogP contribution is 2.10. The van der Waals surface area contributed by atoms with E-state index in [-0.39, 0.29) is 5.56 Å². The highest BCUT2D eigenvalue weighted by molar-refractivity contribution is 5.31. The molecule has 6 nitrogen and oxygen atoms in total. The van der Waals surface area contributed by atoms with Crippen LogP contribution in [-0.4, -0.2) is 40.9 Å². The Morgan fingerprint density at radius 2 is 2.44 bits per heavy atom. The second-order valence-electron chi connectivity index (χ2n) is 3.89. The Morgan fingerprint density at radius 1 is 1.69 bits per heavy atom. The first kappa shape index (κ1) is 12.7. The number of methoxy groups -OCH3 is 1. The van der Waals surface area contributed by atoms with Crippen molar-refractivity contribution in [2.75, 3.05) is 25.6 Å². The predicted octanol–water partition coefficient (Wildman–Crippen LogP) is -0.0307. The number of hydrogen-bond donors (Lipinski definition) is 3. The smallest absolute Gasteiger partial charge is 0.252 e. The number of aromatic amines is 1. The zero-order valence-electron chi connectivity index (χ0n) is 9.49. The lowest BCUT2D eigenvalue weighted by atomic mass is 10.0. The molecule has 0 saturated heterocycles. The molecule has 1 rings (SSSR count). The molecule has 0 aromatic carbocycles. The average Bonchev–Trinajstić information content (AvgIpc) is 2.24. The fraction of sp³-hybridized carbons (Fsp3) is 0.600. The van der Waals surface area contributed by atoms with E-state index in [0.717, 1.165) is 0 Å². The lowest BCUT2D eigenvalue weighted by Gasteiger charge is -2.23. The number of ether oxygens (including phenoxy) is 1. The molecule has 1 heterocycles. The number of hydrogen-bond acceptors (Lipinski definition) is 5. The summed E-state index contributed by atoms with van der Waals surface area (Å²) in [5, 5.41) is 12.8. The Labute approximate surface area is 93.7 Å². The molecule has 1 unspecified atom stereocenters. The number of nitrogens with one attached hydrogen (secondary N) is 2. The summed E-state index contributed by atoms with van der Waals surface area (Å²) in [5.74, 6) is 0.446. The first-order valence-electron chi connectivity index (χ1n) is 5.03. The molecule has 16 heavy (non-hydrogen) atoms. The van der Waals surface area contributed by atoms with Crippen molar-refractivity contribution in [3.8, 4) is 0 Å². The van der Waals surface area contributed by atoms with Crippen molar-refractivity contribution in [2.45, 2.75) is 18.9 Å². The van der Waals surface area contributed by atoms with Crippen LogP contribution in [0.5, 0.6) is 0 Å². The van der Waals surface area contributed by atoms with Crippen molar-refractivity contribution in [2.24, 2.45) is 0 Å². The van der Waals surface area contributed by atoms with E-state index < -0.39 is 5.60 Å². The molecule has 0 aliphatic heterocycles. The summed E-state index contributed by atoms with van der Waals surface area (Å²) in [6.07, 6.45) is 1.83. The lowest BCUT2D eigenvalue weighted by molar-refractivity contribution is 0.0357. The summed E-state index contributed by atoms with van der Waals surface area (Å²) in [6, 6.07) is 1.34. The first-order valence-corrected chi connectivity index (χ1v) is 5.03. The van der Waals surface area contributed by atoms with Gasteiger partial charge in [0.2, 0.25) is 0 Å². The van der Waals surface area contributed by atoms with Gasteiger partial charge in [0.25, 0.3) is 5.56 Å². The molecule has 0 aliphatic carbocycles. The first-order chi connectivity index (χ1) is 7.53. The summed E-state index contributed by atoms with van der Waals surface area (Å²) >= 11 is 0. The van der Waals surface area contributed by atoms with E-state index in [4.69, 9.17) is 4.74 Å². The van der Waals surface area contributed by atoms with Gasteiger partial charge in [-0.1, -0.05) is 0 Å². The second-order valence-corrected chi connectivity index (χ2v) is 3.89. The fourth-order valence-corrected chi connectivity index (χ4v) is 1.16. The predicted molar refractivity (Wildman–Crippen MR) is 60.5 cm³/mol. The van der Waals surface area contributed by atoms with Crippen LogP contribution in [0.25, 0.3) is 0 Å². The van der Waals surface area contributed by atoms with Crippen molar-refractivity contribution in [1.29, 1.82) is 0 Å². The van der Waals surface area contributed by atoms with Gasteiger partial charge >= 0.3 is 0 Å². The van der Waals surface area contributed by atoms with Crippen LogP contribution in [0, 0.1) is 0 Å². The topological polar surface area (TPSA) is 87.2 Å². The van der Waals surface area contributed by atoms with Gasteiger partial charge in [-0.3, -0.25) is 4.79 Å². The van der Waals surface area contributed by atoms with Crippen LogP contribution in [0.15, 0.2) is 17.2 Å². The van der Waals surface area contributed by atoms with Gasteiger partial charge < -0.3 is 20.1 Å². The molecule has 6 heteroatoms. The van der Waals surface area contributed by atoms with E-state index in [9.17, 15) is 9.90 Å². The van der Waals surface area contributed by atoms with Gasteiger partial charge in [-0.2, -0.15) is 0 Å². The molecule has 0 bridgehead atoms. The second kappa shape index (κ2) is 5.62. The number of H-pyrrole nitrogens is 1. The van der Waals surface area contributed by atoms with Crippen LogP contribution >= 0.6 is 0 Å². The van der Waals surface area contributed by atoms with E-state index >= 15 is 0 Å². The normalized spacial score (nSPS) is 14.4. The number of nitrogens with zero attached hydrogens (tertiary/aromatic N) is 1. The molecule has 90 valence electrons. The van der Waals surface area contributed by atoms with E-state index in [1.54, 1.807) is 14.0 Å². The Kier molecular flexibility index (Phi) is 4.45. The zero-order valence-corrected chi connectivity index (χ0v) is 9.49. The van der Waals surface area contributed by atoms with Crippen molar-refractivity contribution in [1.82, 2.24) is 9.97 Å². The highest BCUT2D eigenvalue weighted by atomic mass is 16.5. The molecule has 0 saturated carbocycles. The van der Waals surface area contributed by atoms with Gasteiger partial charge in [0.15, 0.2) is 0 Å². The summed E-state index contributed by atoms with van der Waals surface area (Å²) in [7, 11) is 1.59. The van der Waals surface area contributed by atoms with Crippen LogP contribution in [0.2, 0.25) is 0 Å². The van der Waals surface area contributed by atoms with E-state index in [0.29, 0.717) is 25.4 Å². The fourth-order valence-electron chi connectivity index (χ4n) is 1.16. The van der Waals surface area contributed by atoms with Crippen molar-refractivity contribution in [3.63, 3.8) is 0 Å². The summed E-state index contributed by atoms with van der Waals surface area (Å²) in [4.78, 5) is 17.3. The lowest BCUT2D eigenvalue weighted by Crippen LogP contribution is -2.35. The Hall–Kier alpha value is -1.40. The van der Waals surface area contributed by atoms with Crippen molar-refractivity contribution >= 4 is 5.82 Å². The number of aliphatic hydroxyl groups is 1. The Morgan fingerprint density at radius 3 is 3.06 bits per heavy atom. The zero-order chi connectivity index (χ0) is 12.0. The molecule has 1 aromatic rings. The van der Waals surface area contributed by atoms with Crippen molar-refractivity contribution < 1.29 is 9.84 Å². The monoisotopic (exact) mass is 227 g/mol. The number of aromatic nitrogens is 2. The van der Waals surface area contributed by atoms with Crippen molar-refractivity contribution in [3.05, 3.63) is 22.7 Å². The molecule has 0 spiro atoms. The third-order valence-electron chi connectivity index (χ3n) is 2.17. The third-order valence-corrected chi connectivity index (χ3v) is 2.17. The molecule has 1 atom stereocenters. The molecule has 3 N–H and O–H groups in total. The summed E-state index contributed by atoms with van der Waals surface area (Å²) in [5.41, 5.74) is -1.12. The van der Waals surface area contributed by atoms with Gasteiger partial charge in [0.05, 0.1) is 11.9 Å². The van der Waals surface area contributed by atoms with Gasteiger partial charge in [-0.05, 0) is 6.92 Å². The van der Waals surface area contributed by atoms with Gasteiger partial charge in [0.1, 0.15) is 5.82 Å². The highest BCUT2D eigenvalue weighted by Gasteiger charge is 2.19. The maximum absolute atomic E-state index is 11.0. The van der Waals surface area contributed by atoms with Crippen LogP contribution < -0.4 is 10.9 Å². The van der Waals surface area contributed by atoms with E-state index in [1.807, 2.05) is 0 Å². The van der Waals surface area contributed by atoms with Gasteiger partial charge in [-0.25, -0.2) is 4.98 Å². The standard InChI is InChI=1S/C10H17N3O3/c1-10(15,3-4-16-2)6-11-8-5-9(14)13-7-12-8/h5,7,15H,3-4,6H2,1-2H3,(H2,11,12,13,14). The molecular weight excluding hydrogens is 210 g/mol. The Bertz CT molecular complexity index is 376. The van der Waals surface area contributed by atoms with Gasteiger partial charge in [0, 0.05) is 32.7 Å². The maximum atomic E-state index is 11.0. The molecule has 0 amide bonds. The molecule has 0 fully saturated rings. The minimum atomic E-state index is -0.889. The summed E-state index contributed by atoms with van der Waals surface area (Å²) < 4.78 is 4.89. The summed E-state index contributed by atoms with van der Waals surface area (Å²) in [6.45, 7) is 2.50. The molecule has 0 radical (unpaired) electrons. The largest absolute Gasteiger partial charge is 0.388 e. The van der Waals surface area contributed by atoms with Crippen LogP contribution in [0.4, 0.5) is 5.82 Å². The van der Waals surface area contributed by atoms with Crippen LogP contribution in [-0.2, 0) is 4.74 Å². The minimum Gasteiger partial charge on any atom is -0.388 e. The van der Waals surface area contributed by atoms with Gasteiger partial charge in [-0.15, -0.1) is 0 Å². The van der Waals surface area contributed by atoms with Crippen LogP contribution in [0.1, 0.15) is 13.3 Å². The maximum Gasteiger partial charge on any atom is 0.252 e. The van der Waals surface area contributed by atoms with Crippen LogP contribution in [0.3, 0.4) is 0 Å². The number of rotatable bonds is 6. The minimum absolute atomic E-state index is 0.228. The Balaban J connectivity index is 2.47. The third kappa shape index (κ3) is 4.41. The molecular formula is C10H17N3O3. The SMILES string of the molecule is COCCC(C)(O)CNc1cc(=O)[nH]cn1. The average molecular weight is 227 g/mol. The molecule has 0 aliphatic rings. The quantitative estimate of drug-likeness (QED) is 0.635. The number of anilines is 1.